The number of hydrogen-bond acceptors (Lipinski definition) is 4. The largest absolute Gasteiger partial charge is 0.497 e. The van der Waals surface area contributed by atoms with Gasteiger partial charge in [-0.2, -0.15) is 0 Å². The Morgan fingerprint density at radius 2 is 2.19 bits per heavy atom. The van der Waals surface area contributed by atoms with E-state index in [-0.39, 0.29) is 5.56 Å². The van der Waals surface area contributed by atoms with Crippen molar-refractivity contribution in [1.29, 1.82) is 0 Å². The van der Waals surface area contributed by atoms with Crippen LogP contribution in [0.4, 0.5) is 5.69 Å². The van der Waals surface area contributed by atoms with Crippen molar-refractivity contribution in [2.45, 2.75) is 6.42 Å². The number of nitrogens with one attached hydrogen (secondary N) is 2. The molecule has 2 aromatic rings. The van der Waals surface area contributed by atoms with Gasteiger partial charge in [0.2, 0.25) is 0 Å². The zero-order chi connectivity index (χ0) is 15.2. The number of aromatic amines is 1. The van der Waals surface area contributed by atoms with Crippen LogP contribution < -0.4 is 15.6 Å². The summed E-state index contributed by atoms with van der Waals surface area (Å²) in [5.41, 5.74) is 0.481. The Kier molecular flexibility index (Phi) is 4.61. The molecule has 0 atom stereocenters. The molecule has 1 aromatic heterocycles. The fourth-order valence-corrected chi connectivity index (χ4v) is 2.01. The minimum atomic E-state index is -1.25. The fourth-order valence-electron chi connectivity index (χ4n) is 2.01. The van der Waals surface area contributed by atoms with Gasteiger partial charge in [0.1, 0.15) is 11.3 Å². The number of hydrogen-bond donors (Lipinski definition) is 3. The zero-order valence-electron chi connectivity index (χ0n) is 11.6. The molecular weight excluding hydrogens is 272 g/mol. The van der Waals surface area contributed by atoms with Crippen molar-refractivity contribution in [3.05, 3.63) is 58.0 Å². The quantitative estimate of drug-likeness (QED) is 0.753. The van der Waals surface area contributed by atoms with E-state index in [1.54, 1.807) is 7.11 Å². The molecule has 0 aliphatic heterocycles. The normalized spacial score (nSPS) is 10.1. The third-order valence-electron chi connectivity index (χ3n) is 3.04. The topological polar surface area (TPSA) is 91.4 Å². The third-order valence-corrected chi connectivity index (χ3v) is 3.04. The summed E-state index contributed by atoms with van der Waals surface area (Å²) < 4.78 is 5.14. The number of carboxylic acid groups (broad SMARTS) is 1. The number of H-pyrrole nitrogens is 1. The number of carboxylic acids is 1. The van der Waals surface area contributed by atoms with E-state index in [0.717, 1.165) is 11.3 Å². The number of rotatable bonds is 6. The van der Waals surface area contributed by atoms with E-state index < -0.39 is 11.5 Å². The number of pyridine rings is 1. The summed E-state index contributed by atoms with van der Waals surface area (Å²) in [5, 5.41) is 12.0. The van der Waals surface area contributed by atoms with Crippen LogP contribution in [0.15, 0.2) is 41.3 Å². The summed E-state index contributed by atoms with van der Waals surface area (Å²) in [4.78, 5) is 24.9. The van der Waals surface area contributed by atoms with Crippen molar-refractivity contribution in [1.82, 2.24) is 4.98 Å². The maximum Gasteiger partial charge on any atom is 0.343 e. The fraction of sp³-hybridized carbons (Fsp3) is 0.200. The molecular formula is C15H16N2O4. The van der Waals surface area contributed by atoms with E-state index in [4.69, 9.17) is 9.84 Å². The number of aromatic nitrogens is 1. The van der Waals surface area contributed by atoms with Gasteiger partial charge < -0.3 is 20.1 Å². The van der Waals surface area contributed by atoms with Crippen LogP contribution in [0.5, 0.6) is 5.75 Å². The third kappa shape index (κ3) is 3.62. The first kappa shape index (κ1) is 14.6. The van der Waals surface area contributed by atoms with Crippen molar-refractivity contribution in [3.8, 4) is 5.75 Å². The number of aromatic carboxylic acids is 1. The van der Waals surface area contributed by atoms with Crippen molar-refractivity contribution in [3.63, 3.8) is 0 Å². The van der Waals surface area contributed by atoms with Gasteiger partial charge in [0.05, 0.1) is 12.8 Å². The highest BCUT2D eigenvalue weighted by atomic mass is 16.5. The molecule has 0 amide bonds. The summed E-state index contributed by atoms with van der Waals surface area (Å²) in [5.74, 6) is -0.476. The number of ether oxygens (including phenoxy) is 1. The predicted molar refractivity (Wildman–Crippen MR) is 79.2 cm³/mol. The maximum absolute atomic E-state index is 11.5. The average molecular weight is 288 g/mol. The van der Waals surface area contributed by atoms with Crippen LogP contribution in [0, 0.1) is 0 Å². The first-order valence-electron chi connectivity index (χ1n) is 6.43. The van der Waals surface area contributed by atoms with Crippen LogP contribution in [-0.2, 0) is 6.42 Å². The van der Waals surface area contributed by atoms with Gasteiger partial charge in [-0.05, 0) is 30.2 Å². The van der Waals surface area contributed by atoms with Gasteiger partial charge >= 0.3 is 5.97 Å². The molecule has 0 spiro atoms. The van der Waals surface area contributed by atoms with E-state index in [9.17, 15) is 9.59 Å². The van der Waals surface area contributed by atoms with Crippen LogP contribution in [0.1, 0.15) is 15.9 Å². The SMILES string of the molecule is COc1cccc(CCNc2cc[nH]c(=O)c2C(=O)O)c1. The van der Waals surface area contributed by atoms with Gasteiger partial charge in [0.15, 0.2) is 0 Å². The highest BCUT2D eigenvalue weighted by Gasteiger charge is 2.13. The van der Waals surface area contributed by atoms with Crippen molar-refractivity contribution in [2.75, 3.05) is 19.0 Å². The molecule has 0 bridgehead atoms. The first-order valence-corrected chi connectivity index (χ1v) is 6.43. The summed E-state index contributed by atoms with van der Waals surface area (Å²) in [6.07, 6.45) is 2.10. The number of methoxy groups -OCH3 is 1. The lowest BCUT2D eigenvalue weighted by Gasteiger charge is -2.09. The van der Waals surface area contributed by atoms with E-state index in [0.29, 0.717) is 18.7 Å². The standard InChI is InChI=1S/C15H16N2O4/c1-21-11-4-2-3-10(9-11)5-7-16-12-6-8-17-14(18)13(12)15(19)20/h2-4,6,8-9H,5,7H2,1H3,(H,19,20)(H2,16,17,18). The second kappa shape index (κ2) is 6.60. The Morgan fingerprint density at radius 3 is 2.90 bits per heavy atom. The molecule has 3 N–H and O–H groups in total. The lowest BCUT2D eigenvalue weighted by molar-refractivity contribution is 0.0696. The lowest BCUT2D eigenvalue weighted by atomic mass is 10.1. The molecule has 0 radical (unpaired) electrons. The minimum absolute atomic E-state index is 0.275. The Balaban J connectivity index is 2.05. The van der Waals surface area contributed by atoms with Crippen LogP contribution in [0.25, 0.3) is 0 Å². The first-order chi connectivity index (χ1) is 10.1. The van der Waals surface area contributed by atoms with E-state index in [2.05, 4.69) is 10.3 Å². The van der Waals surface area contributed by atoms with Gasteiger partial charge in [-0.25, -0.2) is 4.79 Å². The van der Waals surface area contributed by atoms with Crippen molar-refractivity contribution in [2.24, 2.45) is 0 Å². The lowest BCUT2D eigenvalue weighted by Crippen LogP contribution is -2.20. The molecule has 0 aliphatic rings. The van der Waals surface area contributed by atoms with E-state index in [1.807, 2.05) is 24.3 Å². The van der Waals surface area contributed by atoms with Gasteiger partial charge in [-0.15, -0.1) is 0 Å². The molecule has 0 aliphatic carbocycles. The average Bonchev–Trinajstić information content (AvgIpc) is 2.47. The molecule has 110 valence electrons. The molecule has 0 saturated carbocycles. The molecule has 21 heavy (non-hydrogen) atoms. The number of carbonyl (C=O) groups is 1. The Bertz CT molecular complexity index is 694. The highest BCUT2D eigenvalue weighted by molar-refractivity contribution is 5.93. The molecule has 0 saturated heterocycles. The maximum atomic E-state index is 11.5. The molecule has 6 heteroatoms. The van der Waals surface area contributed by atoms with Crippen molar-refractivity contribution >= 4 is 11.7 Å². The molecule has 0 unspecified atom stereocenters. The summed E-state index contributed by atoms with van der Waals surface area (Å²) >= 11 is 0. The number of anilines is 1. The molecule has 1 aromatic carbocycles. The summed E-state index contributed by atoms with van der Waals surface area (Å²) in [6.45, 7) is 0.511. The Hall–Kier alpha value is -2.76. The van der Waals surface area contributed by atoms with Gasteiger partial charge in [0.25, 0.3) is 5.56 Å². The zero-order valence-corrected chi connectivity index (χ0v) is 11.6. The van der Waals surface area contributed by atoms with Crippen LogP contribution in [0.2, 0.25) is 0 Å². The van der Waals surface area contributed by atoms with Crippen LogP contribution >= 0.6 is 0 Å². The number of benzene rings is 1. The molecule has 0 fully saturated rings. The molecule has 1 heterocycles. The van der Waals surface area contributed by atoms with Gasteiger partial charge in [-0.3, -0.25) is 4.79 Å². The Morgan fingerprint density at radius 1 is 1.38 bits per heavy atom. The second-order valence-electron chi connectivity index (χ2n) is 4.43. The van der Waals surface area contributed by atoms with E-state index >= 15 is 0 Å². The molecule has 6 nitrogen and oxygen atoms in total. The summed E-state index contributed by atoms with van der Waals surface area (Å²) in [7, 11) is 1.60. The van der Waals surface area contributed by atoms with Crippen LogP contribution in [-0.4, -0.2) is 29.7 Å². The van der Waals surface area contributed by atoms with Crippen LogP contribution in [0.3, 0.4) is 0 Å². The van der Waals surface area contributed by atoms with Crippen molar-refractivity contribution < 1.29 is 14.6 Å². The van der Waals surface area contributed by atoms with E-state index in [1.165, 1.54) is 12.3 Å². The van der Waals surface area contributed by atoms with Gasteiger partial charge in [0, 0.05) is 12.7 Å². The Labute approximate surface area is 121 Å². The summed E-state index contributed by atoms with van der Waals surface area (Å²) in [6, 6.07) is 9.16. The smallest absolute Gasteiger partial charge is 0.343 e. The predicted octanol–water partition coefficient (Wildman–Crippen LogP) is 1.74. The monoisotopic (exact) mass is 288 g/mol. The second-order valence-corrected chi connectivity index (χ2v) is 4.43. The highest BCUT2D eigenvalue weighted by Crippen LogP contribution is 2.14. The minimum Gasteiger partial charge on any atom is -0.497 e. The molecule has 2 rings (SSSR count). The van der Waals surface area contributed by atoms with Gasteiger partial charge in [-0.1, -0.05) is 12.1 Å².